The SMILES string of the molecule is Cc1ccc(C(O)CC2CCCN(S(C)(=O)=O)C2)nc1. The summed E-state index contributed by atoms with van der Waals surface area (Å²) in [7, 11) is -3.13. The fourth-order valence-corrected chi connectivity index (χ4v) is 3.58. The highest BCUT2D eigenvalue weighted by Gasteiger charge is 2.27. The number of rotatable bonds is 4. The first-order valence-electron chi connectivity index (χ1n) is 6.92. The topological polar surface area (TPSA) is 70.5 Å². The zero-order chi connectivity index (χ0) is 14.8. The Morgan fingerprint density at radius 2 is 2.25 bits per heavy atom. The number of hydrogen-bond donors (Lipinski definition) is 1. The molecule has 0 amide bonds. The molecular weight excluding hydrogens is 276 g/mol. The van der Waals surface area contributed by atoms with Gasteiger partial charge in [0.05, 0.1) is 18.1 Å². The minimum Gasteiger partial charge on any atom is -0.387 e. The summed E-state index contributed by atoms with van der Waals surface area (Å²) in [5.74, 6) is 0.191. The molecule has 1 aromatic rings. The second kappa shape index (κ2) is 6.20. The molecule has 2 heterocycles. The zero-order valence-corrected chi connectivity index (χ0v) is 12.8. The van der Waals surface area contributed by atoms with E-state index in [2.05, 4.69) is 4.98 Å². The summed E-state index contributed by atoms with van der Waals surface area (Å²) in [5.41, 5.74) is 1.72. The van der Waals surface area contributed by atoms with Gasteiger partial charge in [0.2, 0.25) is 10.0 Å². The Morgan fingerprint density at radius 3 is 2.85 bits per heavy atom. The van der Waals surface area contributed by atoms with Crippen LogP contribution in [0.2, 0.25) is 0 Å². The van der Waals surface area contributed by atoms with Crippen LogP contribution < -0.4 is 0 Å². The van der Waals surface area contributed by atoms with E-state index in [0.29, 0.717) is 25.2 Å². The van der Waals surface area contributed by atoms with Crippen molar-refractivity contribution in [2.75, 3.05) is 19.3 Å². The highest BCUT2D eigenvalue weighted by atomic mass is 32.2. The summed E-state index contributed by atoms with van der Waals surface area (Å²) in [6.07, 6.45) is 4.72. The van der Waals surface area contributed by atoms with Crippen molar-refractivity contribution in [3.8, 4) is 0 Å². The molecule has 0 aliphatic carbocycles. The lowest BCUT2D eigenvalue weighted by Crippen LogP contribution is -2.39. The van der Waals surface area contributed by atoms with Gasteiger partial charge in [-0.25, -0.2) is 12.7 Å². The smallest absolute Gasteiger partial charge is 0.211 e. The standard InChI is InChI=1S/C14H22N2O3S/c1-11-5-6-13(15-9-11)14(17)8-12-4-3-7-16(10-12)20(2,18)19/h5-6,9,12,14,17H,3-4,7-8,10H2,1-2H3. The lowest BCUT2D eigenvalue weighted by atomic mass is 9.92. The second-order valence-corrected chi connectivity index (χ2v) is 7.62. The minimum absolute atomic E-state index is 0.191. The van der Waals surface area contributed by atoms with Crippen LogP contribution in [0.3, 0.4) is 0 Å². The van der Waals surface area contributed by atoms with E-state index in [9.17, 15) is 13.5 Å². The van der Waals surface area contributed by atoms with Crippen LogP contribution in [-0.2, 0) is 10.0 Å². The van der Waals surface area contributed by atoms with E-state index in [1.165, 1.54) is 10.6 Å². The van der Waals surface area contributed by atoms with Crippen LogP contribution in [0, 0.1) is 12.8 Å². The van der Waals surface area contributed by atoms with Crippen molar-refractivity contribution in [2.45, 2.75) is 32.3 Å². The minimum atomic E-state index is -3.13. The van der Waals surface area contributed by atoms with E-state index in [1.807, 2.05) is 19.1 Å². The van der Waals surface area contributed by atoms with E-state index >= 15 is 0 Å². The number of aryl methyl sites for hydroxylation is 1. The maximum absolute atomic E-state index is 11.6. The molecule has 1 N–H and O–H groups in total. The van der Waals surface area contributed by atoms with Crippen LogP contribution in [0.5, 0.6) is 0 Å². The van der Waals surface area contributed by atoms with Gasteiger partial charge in [0.25, 0.3) is 0 Å². The summed E-state index contributed by atoms with van der Waals surface area (Å²) in [5, 5.41) is 10.2. The molecule has 2 unspecified atom stereocenters. The van der Waals surface area contributed by atoms with Gasteiger partial charge in [0.15, 0.2) is 0 Å². The Balaban J connectivity index is 1.97. The predicted octanol–water partition coefficient (Wildman–Crippen LogP) is 1.49. The Hall–Kier alpha value is -0.980. The van der Waals surface area contributed by atoms with E-state index in [4.69, 9.17) is 0 Å². The van der Waals surface area contributed by atoms with Crippen LogP contribution in [0.25, 0.3) is 0 Å². The number of piperidine rings is 1. The highest BCUT2D eigenvalue weighted by molar-refractivity contribution is 7.88. The van der Waals surface area contributed by atoms with Crippen molar-refractivity contribution >= 4 is 10.0 Å². The molecule has 0 bridgehead atoms. The first kappa shape index (κ1) is 15.4. The van der Waals surface area contributed by atoms with Gasteiger partial charge in [0, 0.05) is 19.3 Å². The quantitative estimate of drug-likeness (QED) is 0.914. The molecule has 6 heteroatoms. The van der Waals surface area contributed by atoms with Crippen LogP contribution in [0.4, 0.5) is 0 Å². The number of pyridine rings is 1. The molecule has 0 spiro atoms. The van der Waals surface area contributed by atoms with Crippen molar-refractivity contribution < 1.29 is 13.5 Å². The van der Waals surface area contributed by atoms with Crippen LogP contribution in [0.15, 0.2) is 18.3 Å². The number of nitrogens with zero attached hydrogens (tertiary/aromatic N) is 2. The van der Waals surface area contributed by atoms with Crippen molar-refractivity contribution in [3.05, 3.63) is 29.6 Å². The Bertz CT molecular complexity index is 542. The van der Waals surface area contributed by atoms with Crippen LogP contribution >= 0.6 is 0 Å². The molecule has 1 aromatic heterocycles. The number of sulfonamides is 1. The van der Waals surface area contributed by atoms with Gasteiger partial charge in [-0.3, -0.25) is 4.98 Å². The van der Waals surface area contributed by atoms with Gasteiger partial charge in [-0.1, -0.05) is 6.07 Å². The summed E-state index contributed by atoms with van der Waals surface area (Å²) in [6.45, 7) is 3.05. The molecule has 2 atom stereocenters. The first-order chi connectivity index (χ1) is 9.36. The maximum atomic E-state index is 11.6. The van der Waals surface area contributed by atoms with Crippen molar-refractivity contribution in [2.24, 2.45) is 5.92 Å². The van der Waals surface area contributed by atoms with Gasteiger partial charge < -0.3 is 5.11 Å². The summed E-state index contributed by atoms with van der Waals surface area (Å²) < 4.78 is 24.7. The molecule has 1 aliphatic rings. The van der Waals surface area contributed by atoms with Gasteiger partial charge >= 0.3 is 0 Å². The fourth-order valence-electron chi connectivity index (χ4n) is 2.63. The van der Waals surface area contributed by atoms with Crippen molar-refractivity contribution in [1.29, 1.82) is 0 Å². The molecule has 2 rings (SSSR count). The first-order valence-corrected chi connectivity index (χ1v) is 8.77. The highest BCUT2D eigenvalue weighted by Crippen LogP contribution is 2.27. The van der Waals surface area contributed by atoms with Gasteiger partial charge in [-0.15, -0.1) is 0 Å². The fraction of sp³-hybridized carbons (Fsp3) is 0.643. The second-order valence-electron chi connectivity index (χ2n) is 5.64. The lowest BCUT2D eigenvalue weighted by Gasteiger charge is -2.31. The normalized spacial score (nSPS) is 22.6. The molecule has 5 nitrogen and oxygen atoms in total. The number of aliphatic hydroxyl groups is 1. The number of aliphatic hydroxyl groups excluding tert-OH is 1. The van der Waals surface area contributed by atoms with Gasteiger partial charge in [-0.2, -0.15) is 0 Å². The molecule has 0 aromatic carbocycles. The molecule has 0 saturated carbocycles. The zero-order valence-electron chi connectivity index (χ0n) is 12.0. The third-order valence-electron chi connectivity index (χ3n) is 3.78. The molecule has 112 valence electrons. The largest absolute Gasteiger partial charge is 0.387 e. The van der Waals surface area contributed by atoms with E-state index < -0.39 is 16.1 Å². The Kier molecular flexibility index (Phi) is 4.78. The molecule has 1 aliphatic heterocycles. The number of hydrogen-bond acceptors (Lipinski definition) is 4. The lowest BCUT2D eigenvalue weighted by molar-refractivity contribution is 0.119. The van der Waals surface area contributed by atoms with Gasteiger partial charge in [0.1, 0.15) is 0 Å². The molecule has 20 heavy (non-hydrogen) atoms. The predicted molar refractivity (Wildman–Crippen MR) is 77.7 cm³/mol. The summed E-state index contributed by atoms with van der Waals surface area (Å²) >= 11 is 0. The molecule has 0 radical (unpaired) electrons. The third-order valence-corrected chi connectivity index (χ3v) is 5.05. The van der Waals surface area contributed by atoms with Crippen LogP contribution in [0.1, 0.15) is 36.6 Å². The third kappa shape index (κ3) is 4.01. The van der Waals surface area contributed by atoms with E-state index in [0.717, 1.165) is 18.4 Å². The van der Waals surface area contributed by atoms with Crippen molar-refractivity contribution in [3.63, 3.8) is 0 Å². The van der Waals surface area contributed by atoms with E-state index in [-0.39, 0.29) is 5.92 Å². The van der Waals surface area contributed by atoms with Crippen molar-refractivity contribution in [1.82, 2.24) is 9.29 Å². The Morgan fingerprint density at radius 1 is 1.50 bits per heavy atom. The van der Waals surface area contributed by atoms with Crippen LogP contribution in [-0.4, -0.2) is 42.2 Å². The summed E-state index contributed by atoms with van der Waals surface area (Å²) in [6, 6.07) is 3.76. The molecule has 1 saturated heterocycles. The maximum Gasteiger partial charge on any atom is 0.211 e. The van der Waals surface area contributed by atoms with E-state index in [1.54, 1.807) is 6.20 Å². The van der Waals surface area contributed by atoms with Gasteiger partial charge in [-0.05, 0) is 43.7 Å². The molecule has 1 fully saturated rings. The number of aromatic nitrogens is 1. The Labute approximate surface area is 120 Å². The monoisotopic (exact) mass is 298 g/mol. The molecular formula is C14H22N2O3S. The summed E-state index contributed by atoms with van der Waals surface area (Å²) in [4.78, 5) is 4.23. The average molecular weight is 298 g/mol. The average Bonchev–Trinajstić information content (AvgIpc) is 2.38.